The minimum absolute atomic E-state index is 0.0993. The highest BCUT2D eigenvalue weighted by Crippen LogP contribution is 2.33. The first-order valence-electron chi connectivity index (χ1n) is 9.81. The molecule has 4 rings (SSSR count). The number of hydrogen-bond donors (Lipinski definition) is 1. The quantitative estimate of drug-likeness (QED) is 0.609. The highest BCUT2D eigenvalue weighted by Gasteiger charge is 2.30. The summed E-state index contributed by atoms with van der Waals surface area (Å²) in [6.45, 7) is 3.83. The monoisotopic (exact) mass is 430 g/mol. The Balaban J connectivity index is 1.59. The molecule has 2 aromatic carbocycles. The van der Waals surface area contributed by atoms with Crippen molar-refractivity contribution >= 4 is 40.5 Å². The zero-order chi connectivity index (χ0) is 22.0. The van der Waals surface area contributed by atoms with E-state index in [0.717, 1.165) is 22.6 Å². The first kappa shape index (κ1) is 20.7. The SMILES string of the molecule is Cc1cc(/C=C2\SC(=Nc3ccccc3)N(C)C2=O)c(C)n1NC(=O)c1ccccc1. The van der Waals surface area contributed by atoms with E-state index in [-0.39, 0.29) is 11.8 Å². The zero-order valence-corrected chi connectivity index (χ0v) is 18.3. The molecule has 0 atom stereocenters. The maximum atomic E-state index is 12.8. The summed E-state index contributed by atoms with van der Waals surface area (Å²) in [6.07, 6.45) is 1.85. The molecule has 1 N–H and O–H groups in total. The van der Waals surface area contributed by atoms with Crippen LogP contribution in [0.15, 0.2) is 76.6 Å². The number of benzene rings is 2. The van der Waals surface area contributed by atoms with Crippen LogP contribution >= 0.6 is 11.8 Å². The van der Waals surface area contributed by atoms with Gasteiger partial charge < -0.3 is 0 Å². The summed E-state index contributed by atoms with van der Waals surface area (Å²) in [5.74, 6) is -0.289. The molecule has 0 radical (unpaired) electrons. The van der Waals surface area contributed by atoms with Gasteiger partial charge in [0.1, 0.15) is 0 Å². The van der Waals surface area contributed by atoms with Crippen LogP contribution < -0.4 is 5.43 Å². The Kier molecular flexibility index (Phi) is 5.77. The number of para-hydroxylation sites is 1. The Bertz CT molecular complexity index is 1200. The molecule has 2 heterocycles. The summed E-state index contributed by atoms with van der Waals surface area (Å²) < 4.78 is 1.74. The number of rotatable bonds is 4. The summed E-state index contributed by atoms with van der Waals surface area (Å²) >= 11 is 1.34. The van der Waals surface area contributed by atoms with Gasteiger partial charge in [0.2, 0.25) is 0 Å². The molecule has 2 amide bonds. The zero-order valence-electron chi connectivity index (χ0n) is 17.5. The van der Waals surface area contributed by atoms with Crippen LogP contribution in [0.4, 0.5) is 5.69 Å². The van der Waals surface area contributed by atoms with Crippen LogP contribution in [-0.4, -0.2) is 33.6 Å². The number of nitrogens with one attached hydrogen (secondary N) is 1. The number of aryl methyl sites for hydroxylation is 1. The molecule has 6 nitrogen and oxygen atoms in total. The fourth-order valence-electron chi connectivity index (χ4n) is 3.27. The molecule has 1 saturated heterocycles. The fourth-order valence-corrected chi connectivity index (χ4v) is 4.25. The third-order valence-corrected chi connectivity index (χ3v) is 6.05. The second kappa shape index (κ2) is 8.65. The maximum absolute atomic E-state index is 12.8. The number of carbonyl (C=O) groups is 2. The van der Waals surface area contributed by atoms with E-state index in [2.05, 4.69) is 10.4 Å². The van der Waals surface area contributed by atoms with Gasteiger partial charge in [0, 0.05) is 24.0 Å². The van der Waals surface area contributed by atoms with Crippen LogP contribution in [0.1, 0.15) is 27.3 Å². The van der Waals surface area contributed by atoms with Gasteiger partial charge in [-0.05, 0) is 67.6 Å². The van der Waals surface area contributed by atoms with Crippen molar-refractivity contribution in [3.63, 3.8) is 0 Å². The summed E-state index contributed by atoms with van der Waals surface area (Å²) in [5, 5.41) is 0.633. The Morgan fingerprint density at radius 3 is 2.35 bits per heavy atom. The van der Waals surface area contributed by atoms with Crippen LogP contribution in [0.2, 0.25) is 0 Å². The molecule has 0 unspecified atom stereocenters. The minimum atomic E-state index is -0.190. The van der Waals surface area contributed by atoms with Crippen molar-refractivity contribution in [3.05, 3.63) is 94.1 Å². The standard InChI is InChI=1S/C24H22N4O2S/c1-16-14-19(17(2)28(16)26-22(29)18-10-6-4-7-11-18)15-21-23(30)27(3)24(31-21)25-20-12-8-5-9-13-20/h4-15H,1-3H3,(H,26,29)/b21-15-,25-24?. The summed E-state index contributed by atoms with van der Waals surface area (Å²) in [6, 6.07) is 20.6. The van der Waals surface area contributed by atoms with E-state index in [4.69, 9.17) is 0 Å². The molecule has 0 aliphatic carbocycles. The van der Waals surface area contributed by atoms with Gasteiger partial charge in [-0.1, -0.05) is 36.4 Å². The third-order valence-electron chi connectivity index (χ3n) is 4.99. The number of amides is 2. The predicted molar refractivity (Wildman–Crippen MR) is 126 cm³/mol. The molecule has 1 aliphatic heterocycles. The van der Waals surface area contributed by atoms with Crippen molar-refractivity contribution in [1.29, 1.82) is 0 Å². The molecule has 0 spiro atoms. The van der Waals surface area contributed by atoms with Crippen molar-refractivity contribution in [2.75, 3.05) is 12.5 Å². The topological polar surface area (TPSA) is 66.7 Å². The lowest BCUT2D eigenvalue weighted by molar-refractivity contribution is -0.121. The summed E-state index contributed by atoms with van der Waals surface area (Å²) in [5.41, 5.74) is 6.89. The maximum Gasteiger partial charge on any atom is 0.270 e. The normalized spacial score (nSPS) is 16.4. The van der Waals surface area contributed by atoms with Crippen molar-refractivity contribution in [3.8, 4) is 0 Å². The molecule has 7 heteroatoms. The van der Waals surface area contributed by atoms with Gasteiger partial charge in [-0.3, -0.25) is 24.6 Å². The van der Waals surface area contributed by atoms with E-state index in [1.54, 1.807) is 28.8 Å². The Morgan fingerprint density at radius 2 is 1.68 bits per heavy atom. The third kappa shape index (κ3) is 4.32. The summed E-state index contributed by atoms with van der Waals surface area (Å²) in [4.78, 5) is 32.0. The number of aliphatic imine (C=N–C) groups is 1. The average molecular weight is 431 g/mol. The van der Waals surface area contributed by atoms with Gasteiger partial charge in [-0.2, -0.15) is 0 Å². The average Bonchev–Trinajstić information content (AvgIpc) is 3.20. The van der Waals surface area contributed by atoms with Crippen LogP contribution in [0.3, 0.4) is 0 Å². The fraction of sp³-hybridized carbons (Fsp3) is 0.125. The number of likely N-dealkylation sites (N-methyl/N-ethyl adjacent to an activating group) is 1. The molecule has 0 bridgehead atoms. The van der Waals surface area contributed by atoms with Crippen LogP contribution in [0.25, 0.3) is 6.08 Å². The van der Waals surface area contributed by atoms with Gasteiger partial charge >= 0.3 is 0 Å². The molecule has 3 aromatic rings. The number of hydrogen-bond acceptors (Lipinski definition) is 4. The van der Waals surface area contributed by atoms with Crippen LogP contribution in [0, 0.1) is 13.8 Å². The van der Waals surface area contributed by atoms with Crippen molar-refractivity contribution in [2.24, 2.45) is 4.99 Å². The highest BCUT2D eigenvalue weighted by molar-refractivity contribution is 8.18. The number of amidine groups is 1. The molecular formula is C24H22N4O2S. The number of carbonyl (C=O) groups excluding carboxylic acids is 2. The molecular weight excluding hydrogens is 408 g/mol. The molecule has 1 aromatic heterocycles. The van der Waals surface area contributed by atoms with Crippen molar-refractivity contribution in [1.82, 2.24) is 9.58 Å². The van der Waals surface area contributed by atoms with E-state index < -0.39 is 0 Å². The Morgan fingerprint density at radius 1 is 1.03 bits per heavy atom. The number of thioether (sulfide) groups is 1. The van der Waals surface area contributed by atoms with Gasteiger partial charge in [0.15, 0.2) is 5.17 Å². The second-order valence-corrected chi connectivity index (χ2v) is 8.18. The van der Waals surface area contributed by atoms with Gasteiger partial charge in [-0.15, -0.1) is 0 Å². The van der Waals surface area contributed by atoms with E-state index in [1.165, 1.54) is 11.8 Å². The summed E-state index contributed by atoms with van der Waals surface area (Å²) in [7, 11) is 1.72. The Labute approximate surface area is 185 Å². The van der Waals surface area contributed by atoms with Crippen LogP contribution in [0.5, 0.6) is 0 Å². The van der Waals surface area contributed by atoms with Crippen LogP contribution in [-0.2, 0) is 4.79 Å². The van der Waals surface area contributed by atoms with Crippen molar-refractivity contribution < 1.29 is 9.59 Å². The molecule has 1 fully saturated rings. The second-order valence-electron chi connectivity index (χ2n) is 7.17. The molecule has 31 heavy (non-hydrogen) atoms. The lowest BCUT2D eigenvalue weighted by atomic mass is 10.2. The van der Waals surface area contributed by atoms with E-state index in [0.29, 0.717) is 15.6 Å². The van der Waals surface area contributed by atoms with E-state index in [1.807, 2.05) is 74.5 Å². The largest absolute Gasteiger partial charge is 0.290 e. The van der Waals surface area contributed by atoms with Gasteiger partial charge in [0.05, 0.1) is 10.6 Å². The molecule has 0 saturated carbocycles. The lowest BCUT2D eigenvalue weighted by Gasteiger charge is -2.11. The number of nitrogens with zero attached hydrogens (tertiary/aromatic N) is 3. The van der Waals surface area contributed by atoms with E-state index >= 15 is 0 Å². The number of aromatic nitrogens is 1. The van der Waals surface area contributed by atoms with Gasteiger partial charge in [-0.25, -0.2) is 4.99 Å². The minimum Gasteiger partial charge on any atom is -0.290 e. The predicted octanol–water partition coefficient (Wildman–Crippen LogP) is 4.72. The van der Waals surface area contributed by atoms with E-state index in [9.17, 15) is 9.59 Å². The first-order valence-corrected chi connectivity index (χ1v) is 10.6. The highest BCUT2D eigenvalue weighted by atomic mass is 32.2. The Hall–Kier alpha value is -3.58. The molecule has 156 valence electrons. The molecule has 1 aliphatic rings. The first-order chi connectivity index (χ1) is 14.9. The lowest BCUT2D eigenvalue weighted by Crippen LogP contribution is -2.24. The van der Waals surface area contributed by atoms with Gasteiger partial charge in [0.25, 0.3) is 11.8 Å². The van der Waals surface area contributed by atoms with Crippen molar-refractivity contribution in [2.45, 2.75) is 13.8 Å². The smallest absolute Gasteiger partial charge is 0.270 e.